The molecule has 61 valence electrons. The monoisotopic (exact) mass is 151 g/mol. The van der Waals surface area contributed by atoms with Crippen molar-refractivity contribution in [1.82, 2.24) is 5.43 Å². The van der Waals surface area contributed by atoms with E-state index >= 15 is 0 Å². The molecule has 0 aromatic carbocycles. The van der Waals surface area contributed by atoms with E-state index in [4.69, 9.17) is 0 Å². The molecule has 1 radical (unpaired) electrons. The van der Waals surface area contributed by atoms with Crippen LogP contribution in [0.15, 0.2) is 16.4 Å². The summed E-state index contributed by atoms with van der Waals surface area (Å²) >= 11 is 0. The lowest BCUT2D eigenvalue weighted by Crippen LogP contribution is -2.05. The molecule has 0 N–H and O–H groups in total. The molecule has 0 amide bonds. The summed E-state index contributed by atoms with van der Waals surface area (Å²) < 4.78 is 0. The highest BCUT2D eigenvalue weighted by Gasteiger charge is 2.18. The third-order valence-corrected chi connectivity index (χ3v) is 1.93. The van der Waals surface area contributed by atoms with E-state index in [1.54, 1.807) is 0 Å². The third-order valence-electron chi connectivity index (χ3n) is 1.93. The van der Waals surface area contributed by atoms with Crippen molar-refractivity contribution in [1.29, 1.82) is 0 Å². The number of hydrogen-bond donors (Lipinski definition) is 0. The van der Waals surface area contributed by atoms with Gasteiger partial charge in [-0.2, -0.15) is 10.5 Å². The number of nitrogens with zero attached hydrogens (tertiary/aromatic N) is 2. The summed E-state index contributed by atoms with van der Waals surface area (Å²) in [6.45, 7) is 8.52. The second-order valence-corrected chi connectivity index (χ2v) is 3.15. The summed E-state index contributed by atoms with van der Waals surface area (Å²) in [7, 11) is 0. The first kappa shape index (κ1) is 8.31. The Morgan fingerprint density at radius 1 is 1.36 bits per heavy atom. The van der Waals surface area contributed by atoms with Crippen LogP contribution >= 0.6 is 0 Å². The SMILES string of the molecule is CCC1=N[N]C(C)=C1C(C)C. The normalized spacial score (nSPS) is 17.4. The van der Waals surface area contributed by atoms with Gasteiger partial charge in [-0.1, -0.05) is 20.8 Å². The minimum absolute atomic E-state index is 0.556. The Labute approximate surface area is 68.4 Å². The molecule has 0 fully saturated rings. The topological polar surface area (TPSA) is 26.5 Å². The summed E-state index contributed by atoms with van der Waals surface area (Å²) in [5.74, 6) is 0.556. The highest BCUT2D eigenvalue weighted by Crippen LogP contribution is 2.21. The Balaban J connectivity index is 2.87. The molecule has 1 aliphatic heterocycles. The van der Waals surface area contributed by atoms with Gasteiger partial charge < -0.3 is 0 Å². The number of allylic oxidation sites excluding steroid dienone is 2. The molecule has 11 heavy (non-hydrogen) atoms. The molecule has 0 bridgehead atoms. The predicted octanol–water partition coefficient (Wildman–Crippen LogP) is 2.30. The fourth-order valence-corrected chi connectivity index (χ4v) is 1.46. The summed E-state index contributed by atoms with van der Waals surface area (Å²) in [5, 5.41) is 4.11. The van der Waals surface area contributed by atoms with Gasteiger partial charge in [0.25, 0.3) is 0 Å². The van der Waals surface area contributed by atoms with Crippen molar-refractivity contribution in [2.45, 2.75) is 34.1 Å². The second kappa shape index (κ2) is 3.07. The van der Waals surface area contributed by atoms with E-state index in [-0.39, 0.29) is 0 Å². The van der Waals surface area contributed by atoms with Crippen molar-refractivity contribution in [3.8, 4) is 0 Å². The van der Waals surface area contributed by atoms with Crippen LogP contribution in [0.2, 0.25) is 0 Å². The molecule has 0 saturated heterocycles. The molecule has 1 rings (SSSR count). The van der Waals surface area contributed by atoms with Gasteiger partial charge in [-0.25, -0.2) is 0 Å². The van der Waals surface area contributed by atoms with Crippen LogP contribution in [-0.4, -0.2) is 5.71 Å². The lowest BCUT2D eigenvalue weighted by molar-refractivity contribution is 0.779. The van der Waals surface area contributed by atoms with E-state index in [2.05, 4.69) is 31.3 Å². The molecule has 2 nitrogen and oxygen atoms in total. The molecule has 1 heterocycles. The van der Waals surface area contributed by atoms with Gasteiger partial charge in [0.15, 0.2) is 0 Å². The van der Waals surface area contributed by atoms with Crippen molar-refractivity contribution < 1.29 is 0 Å². The molecule has 0 aliphatic carbocycles. The maximum Gasteiger partial charge on any atom is 0.0681 e. The maximum atomic E-state index is 4.11. The number of hydrogen-bond acceptors (Lipinski definition) is 1. The van der Waals surface area contributed by atoms with Gasteiger partial charge in [0.2, 0.25) is 0 Å². The lowest BCUT2D eigenvalue weighted by atomic mass is 9.96. The van der Waals surface area contributed by atoms with E-state index in [0.717, 1.165) is 17.8 Å². The Bertz CT molecular complexity index is 212. The molecule has 1 aliphatic rings. The molecule has 0 unspecified atom stereocenters. The molecule has 0 saturated carbocycles. The van der Waals surface area contributed by atoms with E-state index in [9.17, 15) is 0 Å². The Kier molecular flexibility index (Phi) is 2.32. The first-order valence-corrected chi connectivity index (χ1v) is 4.15. The van der Waals surface area contributed by atoms with Gasteiger partial charge in [0.1, 0.15) is 0 Å². The van der Waals surface area contributed by atoms with Crippen LogP contribution in [0.4, 0.5) is 0 Å². The minimum Gasteiger partial charge on any atom is -0.155 e. The standard InChI is InChI=1S/C9H15N2/c1-5-8-9(6(2)3)7(4)10-11-8/h6H,5H2,1-4H3. The van der Waals surface area contributed by atoms with Crippen LogP contribution in [0, 0.1) is 5.92 Å². The summed E-state index contributed by atoms with van der Waals surface area (Å²) in [6.07, 6.45) is 0.994. The van der Waals surface area contributed by atoms with Gasteiger partial charge in [0, 0.05) is 5.57 Å². The van der Waals surface area contributed by atoms with Crippen LogP contribution < -0.4 is 5.43 Å². The van der Waals surface area contributed by atoms with Crippen LogP contribution in [0.5, 0.6) is 0 Å². The zero-order chi connectivity index (χ0) is 8.43. The highest BCUT2D eigenvalue weighted by atomic mass is 15.3. The fourth-order valence-electron chi connectivity index (χ4n) is 1.46. The predicted molar refractivity (Wildman–Crippen MR) is 47.4 cm³/mol. The summed E-state index contributed by atoms with van der Waals surface area (Å²) in [6, 6.07) is 0. The van der Waals surface area contributed by atoms with Crippen LogP contribution in [0.25, 0.3) is 0 Å². The van der Waals surface area contributed by atoms with Crippen molar-refractivity contribution >= 4 is 5.71 Å². The number of rotatable bonds is 2. The minimum atomic E-state index is 0.556. The summed E-state index contributed by atoms with van der Waals surface area (Å²) in [4.78, 5) is 0. The first-order chi connectivity index (χ1) is 5.16. The lowest BCUT2D eigenvalue weighted by Gasteiger charge is -2.07. The smallest absolute Gasteiger partial charge is 0.0681 e. The van der Waals surface area contributed by atoms with Gasteiger partial charge in [-0.15, -0.1) is 0 Å². The van der Waals surface area contributed by atoms with Crippen molar-refractivity contribution in [3.05, 3.63) is 11.3 Å². The first-order valence-electron chi connectivity index (χ1n) is 4.15. The average molecular weight is 151 g/mol. The van der Waals surface area contributed by atoms with Crippen LogP contribution in [-0.2, 0) is 0 Å². The van der Waals surface area contributed by atoms with Crippen molar-refractivity contribution in [3.63, 3.8) is 0 Å². The van der Waals surface area contributed by atoms with Crippen LogP contribution in [0.1, 0.15) is 34.1 Å². The molecule has 0 atom stereocenters. The van der Waals surface area contributed by atoms with Crippen LogP contribution in [0.3, 0.4) is 0 Å². The van der Waals surface area contributed by atoms with Gasteiger partial charge in [0.05, 0.1) is 11.4 Å². The Morgan fingerprint density at radius 3 is 2.36 bits per heavy atom. The van der Waals surface area contributed by atoms with E-state index in [0.29, 0.717) is 5.92 Å². The van der Waals surface area contributed by atoms with Gasteiger partial charge in [-0.3, -0.25) is 0 Å². The second-order valence-electron chi connectivity index (χ2n) is 3.15. The van der Waals surface area contributed by atoms with E-state index in [1.165, 1.54) is 5.57 Å². The zero-order valence-electron chi connectivity index (χ0n) is 7.68. The summed E-state index contributed by atoms with van der Waals surface area (Å²) in [5.41, 5.74) is 7.66. The molecule has 0 aromatic rings. The molecule has 0 aromatic heterocycles. The van der Waals surface area contributed by atoms with Crippen molar-refractivity contribution in [2.24, 2.45) is 11.0 Å². The molecular weight excluding hydrogens is 136 g/mol. The highest BCUT2D eigenvalue weighted by molar-refractivity contribution is 6.02. The van der Waals surface area contributed by atoms with E-state index < -0.39 is 0 Å². The van der Waals surface area contributed by atoms with Gasteiger partial charge >= 0.3 is 0 Å². The zero-order valence-corrected chi connectivity index (χ0v) is 7.68. The largest absolute Gasteiger partial charge is 0.155 e. The molecular formula is C9H15N2. The fraction of sp³-hybridized carbons (Fsp3) is 0.667. The Hall–Kier alpha value is -0.790. The van der Waals surface area contributed by atoms with Gasteiger partial charge in [-0.05, 0) is 19.3 Å². The average Bonchev–Trinajstić information content (AvgIpc) is 2.30. The third kappa shape index (κ3) is 1.44. The van der Waals surface area contributed by atoms with Crippen molar-refractivity contribution in [2.75, 3.05) is 0 Å². The quantitative estimate of drug-likeness (QED) is 0.579. The Morgan fingerprint density at radius 2 is 2.00 bits per heavy atom. The molecule has 2 heteroatoms. The molecule has 0 spiro atoms. The maximum absolute atomic E-state index is 4.11. The van der Waals surface area contributed by atoms with E-state index in [1.807, 2.05) is 6.92 Å².